The van der Waals surface area contributed by atoms with Gasteiger partial charge in [-0.2, -0.15) is 5.10 Å². The fourth-order valence-electron chi connectivity index (χ4n) is 2.92. The van der Waals surface area contributed by atoms with E-state index in [1.807, 2.05) is 32.6 Å². The van der Waals surface area contributed by atoms with E-state index >= 15 is 0 Å². The van der Waals surface area contributed by atoms with E-state index in [4.69, 9.17) is 4.98 Å². The molecule has 2 atom stereocenters. The van der Waals surface area contributed by atoms with E-state index < -0.39 is 0 Å². The lowest BCUT2D eigenvalue weighted by molar-refractivity contribution is 0.586. The fourth-order valence-corrected chi connectivity index (χ4v) is 2.92. The maximum atomic E-state index is 4.78. The zero-order valence-electron chi connectivity index (χ0n) is 12.3. The Kier molecular flexibility index (Phi) is 3.42. The number of aromatic nitrogens is 4. The molecule has 0 aromatic carbocycles. The highest BCUT2D eigenvalue weighted by atomic mass is 15.2. The van der Waals surface area contributed by atoms with Gasteiger partial charge in [-0.1, -0.05) is 6.92 Å². The van der Waals surface area contributed by atoms with E-state index in [0.29, 0.717) is 5.92 Å². The van der Waals surface area contributed by atoms with E-state index in [2.05, 4.69) is 22.3 Å². The Balaban J connectivity index is 1.98. The van der Waals surface area contributed by atoms with Gasteiger partial charge in [0, 0.05) is 37.8 Å². The SMILES string of the molecule is CNc1cc(-c2cnn(C)c2)nc(C2CCC(C)C2)n1. The molecule has 20 heavy (non-hydrogen) atoms. The molecule has 1 aliphatic rings. The van der Waals surface area contributed by atoms with Crippen LogP contribution < -0.4 is 5.32 Å². The number of nitrogens with zero attached hydrogens (tertiary/aromatic N) is 4. The van der Waals surface area contributed by atoms with Crippen LogP contribution in [0.25, 0.3) is 11.3 Å². The van der Waals surface area contributed by atoms with Crippen molar-refractivity contribution in [2.24, 2.45) is 13.0 Å². The maximum Gasteiger partial charge on any atom is 0.134 e. The fraction of sp³-hybridized carbons (Fsp3) is 0.533. The van der Waals surface area contributed by atoms with Crippen molar-refractivity contribution in [2.45, 2.75) is 32.1 Å². The third-order valence-electron chi connectivity index (χ3n) is 4.06. The molecular formula is C15H21N5. The molecule has 2 unspecified atom stereocenters. The molecule has 0 saturated heterocycles. The van der Waals surface area contributed by atoms with E-state index in [9.17, 15) is 0 Å². The van der Waals surface area contributed by atoms with Gasteiger partial charge >= 0.3 is 0 Å². The lowest BCUT2D eigenvalue weighted by atomic mass is 10.1. The Morgan fingerprint density at radius 2 is 2.15 bits per heavy atom. The summed E-state index contributed by atoms with van der Waals surface area (Å²) in [5.41, 5.74) is 1.99. The van der Waals surface area contributed by atoms with Gasteiger partial charge in [-0.3, -0.25) is 4.68 Å². The van der Waals surface area contributed by atoms with Gasteiger partial charge < -0.3 is 5.32 Å². The van der Waals surface area contributed by atoms with Crippen molar-refractivity contribution in [2.75, 3.05) is 12.4 Å². The lowest BCUT2D eigenvalue weighted by Gasteiger charge is -2.11. The monoisotopic (exact) mass is 271 g/mol. The smallest absolute Gasteiger partial charge is 0.134 e. The van der Waals surface area contributed by atoms with Crippen LogP contribution in [-0.4, -0.2) is 26.8 Å². The minimum atomic E-state index is 0.494. The first-order chi connectivity index (χ1) is 9.65. The van der Waals surface area contributed by atoms with Crippen LogP contribution in [0.15, 0.2) is 18.5 Å². The molecule has 2 heterocycles. The van der Waals surface area contributed by atoms with Crippen LogP contribution in [0.1, 0.15) is 37.9 Å². The summed E-state index contributed by atoms with van der Waals surface area (Å²) in [6.07, 6.45) is 7.51. The van der Waals surface area contributed by atoms with Crippen molar-refractivity contribution >= 4 is 5.82 Å². The van der Waals surface area contributed by atoms with Crippen molar-refractivity contribution in [3.8, 4) is 11.3 Å². The zero-order valence-corrected chi connectivity index (χ0v) is 12.3. The van der Waals surface area contributed by atoms with Gasteiger partial charge in [0.05, 0.1) is 11.9 Å². The topological polar surface area (TPSA) is 55.6 Å². The first-order valence-corrected chi connectivity index (χ1v) is 7.21. The van der Waals surface area contributed by atoms with Gasteiger partial charge in [0.25, 0.3) is 0 Å². The predicted octanol–water partition coefficient (Wildman–Crippen LogP) is 2.82. The molecule has 1 fully saturated rings. The second-order valence-corrected chi connectivity index (χ2v) is 5.76. The van der Waals surface area contributed by atoms with E-state index in [-0.39, 0.29) is 0 Å². The molecular weight excluding hydrogens is 250 g/mol. The van der Waals surface area contributed by atoms with Crippen LogP contribution in [0.2, 0.25) is 0 Å². The summed E-state index contributed by atoms with van der Waals surface area (Å²) in [4.78, 5) is 9.43. The molecule has 0 spiro atoms. The van der Waals surface area contributed by atoms with Gasteiger partial charge in [-0.15, -0.1) is 0 Å². The minimum absolute atomic E-state index is 0.494. The number of hydrogen-bond acceptors (Lipinski definition) is 4. The summed E-state index contributed by atoms with van der Waals surface area (Å²) in [5.74, 6) is 3.13. The molecule has 2 aromatic rings. The number of rotatable bonds is 3. The second-order valence-electron chi connectivity index (χ2n) is 5.76. The minimum Gasteiger partial charge on any atom is -0.373 e. The van der Waals surface area contributed by atoms with Crippen LogP contribution in [0.4, 0.5) is 5.82 Å². The summed E-state index contributed by atoms with van der Waals surface area (Å²) in [5, 5.41) is 7.36. The molecule has 5 heteroatoms. The predicted molar refractivity (Wildman–Crippen MR) is 79.5 cm³/mol. The van der Waals surface area contributed by atoms with E-state index in [1.54, 1.807) is 4.68 Å². The standard InChI is InChI=1S/C15H21N5/c1-10-4-5-11(6-10)15-18-13(7-14(16-2)19-15)12-8-17-20(3)9-12/h7-11H,4-6H2,1-3H3,(H,16,18,19). The molecule has 0 radical (unpaired) electrons. The first kappa shape index (κ1) is 13.1. The number of nitrogens with one attached hydrogen (secondary N) is 1. The Hall–Kier alpha value is -1.91. The van der Waals surface area contributed by atoms with Crippen molar-refractivity contribution in [1.82, 2.24) is 19.7 Å². The van der Waals surface area contributed by atoms with Gasteiger partial charge in [0.2, 0.25) is 0 Å². The molecule has 106 valence electrons. The Morgan fingerprint density at radius 3 is 2.75 bits per heavy atom. The molecule has 5 nitrogen and oxygen atoms in total. The van der Waals surface area contributed by atoms with E-state index in [0.717, 1.165) is 28.8 Å². The van der Waals surface area contributed by atoms with Crippen molar-refractivity contribution < 1.29 is 0 Å². The van der Waals surface area contributed by atoms with Crippen molar-refractivity contribution in [3.05, 3.63) is 24.3 Å². The first-order valence-electron chi connectivity index (χ1n) is 7.21. The molecule has 1 N–H and O–H groups in total. The average molecular weight is 271 g/mol. The van der Waals surface area contributed by atoms with Crippen LogP contribution in [0.5, 0.6) is 0 Å². The Morgan fingerprint density at radius 1 is 1.30 bits per heavy atom. The highest BCUT2D eigenvalue weighted by Gasteiger charge is 2.25. The average Bonchev–Trinajstić information content (AvgIpc) is 3.07. The maximum absolute atomic E-state index is 4.78. The summed E-state index contributed by atoms with van der Waals surface area (Å²) >= 11 is 0. The van der Waals surface area contributed by atoms with Crippen LogP contribution in [-0.2, 0) is 7.05 Å². The van der Waals surface area contributed by atoms with Gasteiger partial charge in [0.15, 0.2) is 0 Å². The molecule has 0 bridgehead atoms. The summed E-state index contributed by atoms with van der Waals surface area (Å²) < 4.78 is 1.80. The van der Waals surface area contributed by atoms with Crippen LogP contribution >= 0.6 is 0 Å². The quantitative estimate of drug-likeness (QED) is 0.932. The second kappa shape index (κ2) is 5.23. The van der Waals surface area contributed by atoms with Crippen LogP contribution in [0, 0.1) is 5.92 Å². The largest absolute Gasteiger partial charge is 0.373 e. The molecule has 3 rings (SSSR count). The number of hydrogen-bond donors (Lipinski definition) is 1. The van der Waals surface area contributed by atoms with Gasteiger partial charge in [-0.25, -0.2) is 9.97 Å². The highest BCUT2D eigenvalue weighted by Crippen LogP contribution is 2.37. The number of anilines is 1. The molecule has 0 amide bonds. The molecule has 2 aromatic heterocycles. The third kappa shape index (κ3) is 2.53. The van der Waals surface area contributed by atoms with Gasteiger partial charge in [-0.05, 0) is 25.2 Å². The molecule has 1 saturated carbocycles. The van der Waals surface area contributed by atoms with Crippen molar-refractivity contribution in [3.63, 3.8) is 0 Å². The summed E-state index contributed by atoms with van der Waals surface area (Å²) in [7, 11) is 3.82. The van der Waals surface area contributed by atoms with Gasteiger partial charge in [0.1, 0.15) is 11.6 Å². The van der Waals surface area contributed by atoms with Crippen molar-refractivity contribution in [1.29, 1.82) is 0 Å². The van der Waals surface area contributed by atoms with E-state index in [1.165, 1.54) is 19.3 Å². The number of aryl methyl sites for hydroxylation is 1. The Labute approximate surface area is 119 Å². The summed E-state index contributed by atoms with van der Waals surface area (Å²) in [6.45, 7) is 2.31. The highest BCUT2D eigenvalue weighted by molar-refractivity contribution is 5.61. The zero-order chi connectivity index (χ0) is 14.1. The third-order valence-corrected chi connectivity index (χ3v) is 4.06. The summed E-state index contributed by atoms with van der Waals surface area (Å²) in [6, 6.07) is 1.99. The molecule has 1 aliphatic carbocycles. The van der Waals surface area contributed by atoms with Crippen LogP contribution in [0.3, 0.4) is 0 Å². The normalized spacial score (nSPS) is 22.1. The lowest BCUT2D eigenvalue weighted by Crippen LogP contribution is -2.05. The Bertz CT molecular complexity index is 604. The molecule has 0 aliphatic heterocycles.